The van der Waals surface area contributed by atoms with E-state index in [0.29, 0.717) is 30.0 Å². The summed E-state index contributed by atoms with van der Waals surface area (Å²) in [5.74, 6) is 0.0830. The van der Waals surface area contributed by atoms with E-state index in [9.17, 15) is 8.68 Å². The van der Waals surface area contributed by atoms with E-state index in [1.165, 1.54) is 23.2 Å². The molecule has 0 radical (unpaired) electrons. The molecule has 2 aromatic heterocycles. The van der Waals surface area contributed by atoms with Crippen LogP contribution in [0.4, 0.5) is 9.57 Å². The van der Waals surface area contributed by atoms with Gasteiger partial charge in [0.1, 0.15) is 0 Å². The second-order valence-electron chi connectivity index (χ2n) is 7.38. The van der Waals surface area contributed by atoms with Crippen molar-refractivity contribution in [2.24, 2.45) is 0 Å². The average Bonchev–Trinajstić information content (AvgIpc) is 3.48. The number of rotatable bonds is 3. The van der Waals surface area contributed by atoms with Crippen LogP contribution in [0, 0.1) is 0 Å². The monoisotopic (exact) mass is 388 g/mol. The molecule has 0 bridgehead atoms. The van der Waals surface area contributed by atoms with E-state index in [0.717, 1.165) is 36.8 Å². The molecule has 0 atom stereocenters. The minimum atomic E-state index is 0.0830. The zero-order valence-electron chi connectivity index (χ0n) is 15.4. The quantitative estimate of drug-likeness (QED) is 0.699. The van der Waals surface area contributed by atoms with Gasteiger partial charge in [-0.25, -0.2) is 8.96 Å². The van der Waals surface area contributed by atoms with Crippen LogP contribution >= 0.6 is 12.3 Å². The van der Waals surface area contributed by atoms with E-state index in [-0.39, 0.29) is 18.2 Å². The highest BCUT2D eigenvalue weighted by Gasteiger charge is 2.41. The summed E-state index contributed by atoms with van der Waals surface area (Å²) in [6, 6.07) is 2.73. The number of hydrogen-bond acceptors (Lipinski definition) is 4. The molecule has 0 aromatic carbocycles. The highest BCUT2D eigenvalue weighted by molar-refractivity contribution is 7.92. The van der Waals surface area contributed by atoms with Gasteiger partial charge in [-0.05, 0) is 31.7 Å². The highest BCUT2D eigenvalue weighted by atomic mass is 32.2. The molecule has 1 amide bonds. The van der Waals surface area contributed by atoms with E-state index in [1.807, 2.05) is 11.0 Å². The molecule has 144 valence electrons. The van der Waals surface area contributed by atoms with Crippen LogP contribution in [0.15, 0.2) is 31.6 Å². The van der Waals surface area contributed by atoms with Gasteiger partial charge in [0, 0.05) is 29.9 Å². The summed E-state index contributed by atoms with van der Waals surface area (Å²) in [4.78, 5) is 21.8. The van der Waals surface area contributed by atoms with Gasteiger partial charge in [0.25, 0.3) is 5.91 Å². The summed E-state index contributed by atoms with van der Waals surface area (Å²) in [7, 11) is 0. The van der Waals surface area contributed by atoms with E-state index < -0.39 is 0 Å². The van der Waals surface area contributed by atoms with Gasteiger partial charge in [-0.15, -0.1) is 17.0 Å². The minimum Gasteiger partial charge on any atom is -0.349 e. The topological polar surface area (TPSA) is 41.4 Å². The predicted molar refractivity (Wildman–Crippen MR) is 108 cm³/mol. The molecule has 2 aliphatic carbocycles. The minimum absolute atomic E-state index is 0.0830. The Balaban J connectivity index is 0.000000872. The Labute approximate surface area is 163 Å². The van der Waals surface area contributed by atoms with Crippen molar-refractivity contribution in [2.45, 2.75) is 57.0 Å². The van der Waals surface area contributed by atoms with Crippen LogP contribution in [0.5, 0.6) is 0 Å². The molecule has 2 saturated carbocycles. The summed E-state index contributed by atoms with van der Waals surface area (Å²) < 4.78 is 14.6. The van der Waals surface area contributed by atoms with E-state index in [1.54, 1.807) is 12.4 Å². The maximum atomic E-state index is 13.2. The number of anilines is 1. The summed E-state index contributed by atoms with van der Waals surface area (Å²) in [6.07, 6.45) is 11.6. The highest BCUT2D eigenvalue weighted by Crippen LogP contribution is 2.41. The Hall–Kier alpha value is -2.02. The van der Waals surface area contributed by atoms with Crippen molar-refractivity contribution >= 4 is 35.0 Å². The third kappa shape index (κ3) is 3.12. The summed E-state index contributed by atoms with van der Waals surface area (Å²) in [6.45, 7) is 6.66. The van der Waals surface area contributed by atoms with Gasteiger partial charge < -0.3 is 9.80 Å². The fourth-order valence-corrected chi connectivity index (χ4v) is 4.70. The first kappa shape index (κ1) is 18.3. The maximum Gasteiger partial charge on any atom is 0.259 e. The zero-order chi connectivity index (χ0) is 19.0. The van der Waals surface area contributed by atoms with Crippen LogP contribution in [0.3, 0.4) is 0 Å². The number of nitrogens with zero attached hydrogens (tertiary/aromatic N) is 4. The Bertz CT molecular complexity index is 844. The second kappa shape index (κ2) is 7.54. The lowest BCUT2D eigenvalue weighted by Crippen LogP contribution is -2.52. The molecule has 2 fully saturated rings. The molecule has 3 heterocycles. The molecule has 1 aliphatic heterocycles. The van der Waals surface area contributed by atoms with Gasteiger partial charge in [0.2, 0.25) is 0 Å². The van der Waals surface area contributed by atoms with Crippen LogP contribution in [0.25, 0.3) is 11.0 Å². The van der Waals surface area contributed by atoms with Crippen LogP contribution in [0.2, 0.25) is 0 Å². The van der Waals surface area contributed by atoms with Crippen LogP contribution in [-0.2, 0) is 0 Å². The first-order chi connectivity index (χ1) is 13.3. The van der Waals surface area contributed by atoms with Gasteiger partial charge in [-0.1, -0.05) is 19.3 Å². The van der Waals surface area contributed by atoms with Crippen molar-refractivity contribution in [3.05, 3.63) is 37.2 Å². The Kier molecular flexibility index (Phi) is 5.12. The zero-order valence-corrected chi connectivity index (χ0v) is 16.3. The molecule has 0 unspecified atom stereocenters. The first-order valence-electron chi connectivity index (χ1n) is 9.64. The number of aromatic nitrogens is 2. The number of amides is 1. The van der Waals surface area contributed by atoms with Gasteiger partial charge in [0.15, 0.2) is 18.0 Å². The van der Waals surface area contributed by atoms with E-state index >= 15 is 0 Å². The molecular formula is C20H25FN4OS. The number of carbonyl (C=O) groups excluding carboxylic acids is 1. The molecule has 27 heavy (non-hydrogen) atoms. The Morgan fingerprint density at radius 3 is 2.44 bits per heavy atom. The number of fused-ring (bicyclic) bond motifs is 3. The largest absolute Gasteiger partial charge is 0.349 e. The lowest BCUT2D eigenvalue weighted by Gasteiger charge is -2.44. The standard InChI is InChI=1S/C18H21FN4OS.C2H4/c19-25-23-9-8-14-16-15(10-20-17(14)23)18(24)22(13-6-7-13)11-21(16)12-4-2-1-3-5-12;1-2/h8-10,12-13H,1-7,11H2;1-2H2. The van der Waals surface area contributed by atoms with Gasteiger partial charge in [0.05, 0.1) is 17.9 Å². The number of halogens is 1. The van der Waals surface area contributed by atoms with Crippen molar-refractivity contribution in [1.29, 1.82) is 0 Å². The fourth-order valence-electron chi connectivity index (χ4n) is 4.38. The van der Waals surface area contributed by atoms with Crippen LogP contribution in [-0.4, -0.2) is 38.5 Å². The molecule has 5 rings (SSSR count). The first-order valence-corrected chi connectivity index (χ1v) is 10.3. The summed E-state index contributed by atoms with van der Waals surface area (Å²) >= 11 is 0.149. The number of carbonyl (C=O) groups is 1. The molecule has 3 aliphatic rings. The van der Waals surface area contributed by atoms with Crippen molar-refractivity contribution in [2.75, 3.05) is 11.6 Å². The van der Waals surface area contributed by atoms with Crippen molar-refractivity contribution in [3.63, 3.8) is 0 Å². The third-order valence-corrected chi connectivity index (χ3v) is 6.26. The second-order valence-corrected chi connectivity index (χ2v) is 7.91. The van der Waals surface area contributed by atoms with E-state index in [2.05, 4.69) is 23.0 Å². The lowest BCUT2D eigenvalue weighted by atomic mass is 9.92. The normalized spacial score (nSPS) is 20.4. The SMILES string of the molecule is C=C.O=C1c2cnc3c(ccn3SF)c2N(C2CCCCC2)CN1C1CC1. The maximum absolute atomic E-state index is 13.2. The van der Waals surface area contributed by atoms with Crippen molar-refractivity contribution < 1.29 is 8.68 Å². The average molecular weight is 389 g/mol. The predicted octanol–water partition coefficient (Wildman–Crippen LogP) is 4.93. The molecule has 2 aromatic rings. The van der Waals surface area contributed by atoms with Crippen molar-refractivity contribution in [3.8, 4) is 0 Å². The molecular weight excluding hydrogens is 363 g/mol. The smallest absolute Gasteiger partial charge is 0.259 e. The van der Waals surface area contributed by atoms with Crippen LogP contribution < -0.4 is 4.90 Å². The van der Waals surface area contributed by atoms with E-state index in [4.69, 9.17) is 0 Å². The molecule has 0 saturated heterocycles. The molecule has 0 spiro atoms. The third-order valence-electron chi connectivity index (χ3n) is 5.81. The Morgan fingerprint density at radius 2 is 1.78 bits per heavy atom. The van der Waals surface area contributed by atoms with Gasteiger partial charge in [-0.2, -0.15) is 0 Å². The van der Waals surface area contributed by atoms with Crippen molar-refractivity contribution in [1.82, 2.24) is 13.9 Å². The number of pyridine rings is 1. The summed E-state index contributed by atoms with van der Waals surface area (Å²) in [5.41, 5.74) is 2.24. The van der Waals surface area contributed by atoms with Gasteiger partial charge in [-0.3, -0.25) is 4.79 Å². The lowest BCUT2D eigenvalue weighted by molar-refractivity contribution is 0.0720. The van der Waals surface area contributed by atoms with Gasteiger partial charge >= 0.3 is 0 Å². The summed E-state index contributed by atoms with van der Waals surface area (Å²) in [5, 5.41) is 0.886. The fraction of sp³-hybridized carbons (Fsp3) is 0.500. The molecule has 7 heteroatoms. The van der Waals surface area contributed by atoms with Crippen LogP contribution in [0.1, 0.15) is 55.3 Å². The molecule has 0 N–H and O–H groups in total. The number of hydrogen-bond donors (Lipinski definition) is 0. The Morgan fingerprint density at radius 1 is 1.07 bits per heavy atom. The molecule has 5 nitrogen and oxygen atoms in total.